The van der Waals surface area contributed by atoms with Crippen LogP contribution < -0.4 is 0 Å². The second kappa shape index (κ2) is 7.20. The fourth-order valence-electron chi connectivity index (χ4n) is 3.78. The van der Waals surface area contributed by atoms with Crippen molar-refractivity contribution in [1.82, 2.24) is 24.9 Å². The highest BCUT2D eigenvalue weighted by Crippen LogP contribution is 2.26. The third kappa shape index (κ3) is 3.39. The van der Waals surface area contributed by atoms with Crippen molar-refractivity contribution in [2.24, 2.45) is 0 Å². The van der Waals surface area contributed by atoms with Crippen molar-refractivity contribution in [2.75, 3.05) is 19.7 Å². The lowest BCUT2D eigenvalue weighted by atomic mass is 10.1. The number of hydrogen-bond donors (Lipinski definition) is 0. The molecule has 2 aliphatic rings. The topological polar surface area (TPSA) is 76.6 Å². The summed E-state index contributed by atoms with van der Waals surface area (Å²) in [7, 11) is 0. The summed E-state index contributed by atoms with van der Waals surface area (Å²) in [6.07, 6.45) is 4.22. The summed E-state index contributed by atoms with van der Waals surface area (Å²) < 4.78 is 7.28. The zero-order valence-corrected chi connectivity index (χ0v) is 15.3. The number of hydroxylamine groups is 2. The SMILES string of the molecule is Cc1noc(C)c1CN1Cc2ccnn2[C@@H](CC(=O)N2CCCCO2)C1. The van der Waals surface area contributed by atoms with Gasteiger partial charge in [-0.1, -0.05) is 5.16 Å². The van der Waals surface area contributed by atoms with Gasteiger partial charge in [0.1, 0.15) is 5.76 Å². The van der Waals surface area contributed by atoms with Gasteiger partial charge in [0.05, 0.1) is 30.5 Å². The molecule has 8 nitrogen and oxygen atoms in total. The van der Waals surface area contributed by atoms with Crippen molar-refractivity contribution in [2.45, 2.75) is 52.2 Å². The molecule has 0 aromatic carbocycles. The predicted molar refractivity (Wildman–Crippen MR) is 92.9 cm³/mol. The first-order valence-corrected chi connectivity index (χ1v) is 9.21. The molecule has 0 N–H and O–H groups in total. The van der Waals surface area contributed by atoms with E-state index in [0.29, 0.717) is 19.6 Å². The van der Waals surface area contributed by atoms with Crippen molar-refractivity contribution in [3.63, 3.8) is 0 Å². The maximum atomic E-state index is 12.6. The zero-order chi connectivity index (χ0) is 18.1. The molecule has 4 rings (SSSR count). The Balaban J connectivity index is 1.48. The van der Waals surface area contributed by atoms with Crippen molar-refractivity contribution >= 4 is 5.91 Å². The van der Waals surface area contributed by atoms with Crippen LogP contribution in [0.4, 0.5) is 0 Å². The molecule has 4 heterocycles. The molecule has 2 aliphatic heterocycles. The van der Waals surface area contributed by atoms with E-state index in [9.17, 15) is 4.79 Å². The number of nitrogens with zero attached hydrogens (tertiary/aromatic N) is 5. The molecule has 0 bridgehead atoms. The number of amides is 1. The van der Waals surface area contributed by atoms with Gasteiger partial charge in [-0.2, -0.15) is 5.10 Å². The van der Waals surface area contributed by atoms with E-state index in [2.05, 4.69) is 15.2 Å². The molecule has 26 heavy (non-hydrogen) atoms. The molecule has 0 unspecified atom stereocenters. The van der Waals surface area contributed by atoms with E-state index in [-0.39, 0.29) is 11.9 Å². The second-order valence-corrected chi connectivity index (χ2v) is 7.13. The highest BCUT2D eigenvalue weighted by molar-refractivity contribution is 5.75. The Morgan fingerprint density at radius 1 is 1.35 bits per heavy atom. The average Bonchev–Trinajstić information content (AvgIpc) is 3.24. The number of fused-ring (bicyclic) bond motifs is 1. The van der Waals surface area contributed by atoms with Gasteiger partial charge in [-0.25, -0.2) is 5.06 Å². The summed E-state index contributed by atoms with van der Waals surface area (Å²) in [5.74, 6) is 0.895. The largest absolute Gasteiger partial charge is 0.361 e. The molecular weight excluding hydrogens is 334 g/mol. The summed E-state index contributed by atoms with van der Waals surface area (Å²) in [5.41, 5.74) is 3.18. The highest BCUT2D eigenvalue weighted by atomic mass is 16.7. The summed E-state index contributed by atoms with van der Waals surface area (Å²) in [4.78, 5) is 20.5. The minimum absolute atomic E-state index is 0.00671. The number of hydrogen-bond acceptors (Lipinski definition) is 6. The van der Waals surface area contributed by atoms with Crippen LogP contribution in [0.3, 0.4) is 0 Å². The van der Waals surface area contributed by atoms with Crippen LogP contribution in [0.2, 0.25) is 0 Å². The average molecular weight is 359 g/mol. The van der Waals surface area contributed by atoms with Gasteiger partial charge >= 0.3 is 0 Å². The number of aromatic nitrogens is 3. The number of carbonyl (C=O) groups excluding carboxylic acids is 1. The lowest BCUT2D eigenvalue weighted by molar-refractivity contribution is -0.198. The smallest absolute Gasteiger partial charge is 0.248 e. The molecule has 0 spiro atoms. The molecular formula is C18H25N5O3. The van der Waals surface area contributed by atoms with Crippen molar-refractivity contribution in [3.8, 4) is 0 Å². The molecule has 8 heteroatoms. The lowest BCUT2D eigenvalue weighted by Crippen LogP contribution is -2.42. The molecule has 2 aromatic heterocycles. The van der Waals surface area contributed by atoms with Crippen LogP contribution >= 0.6 is 0 Å². The van der Waals surface area contributed by atoms with E-state index in [4.69, 9.17) is 9.36 Å². The molecule has 1 amide bonds. The van der Waals surface area contributed by atoms with Crippen LogP contribution in [0.5, 0.6) is 0 Å². The van der Waals surface area contributed by atoms with E-state index in [1.165, 1.54) is 5.06 Å². The van der Waals surface area contributed by atoms with Crippen LogP contribution in [-0.4, -0.2) is 50.5 Å². The zero-order valence-electron chi connectivity index (χ0n) is 15.3. The summed E-state index contributed by atoms with van der Waals surface area (Å²) >= 11 is 0. The summed E-state index contributed by atoms with van der Waals surface area (Å²) in [6, 6.07) is 2.03. The minimum atomic E-state index is 0.00671. The first-order chi connectivity index (χ1) is 12.6. The first kappa shape index (κ1) is 17.2. The minimum Gasteiger partial charge on any atom is -0.361 e. The molecule has 0 aliphatic carbocycles. The maximum Gasteiger partial charge on any atom is 0.248 e. The van der Waals surface area contributed by atoms with Crippen LogP contribution in [0.25, 0.3) is 0 Å². The Kier molecular flexibility index (Phi) is 4.78. The Morgan fingerprint density at radius 2 is 2.23 bits per heavy atom. The monoisotopic (exact) mass is 359 g/mol. The van der Waals surface area contributed by atoms with Gasteiger partial charge in [0.15, 0.2) is 0 Å². The fraction of sp³-hybridized carbons (Fsp3) is 0.611. The summed E-state index contributed by atoms with van der Waals surface area (Å²) in [5, 5.41) is 10.0. The van der Waals surface area contributed by atoms with Gasteiger partial charge in [0, 0.05) is 37.9 Å². The fourth-order valence-corrected chi connectivity index (χ4v) is 3.78. The molecule has 1 atom stereocenters. The molecule has 0 saturated carbocycles. The number of carbonyl (C=O) groups is 1. The van der Waals surface area contributed by atoms with Crippen LogP contribution in [0.1, 0.15) is 48.0 Å². The van der Waals surface area contributed by atoms with E-state index < -0.39 is 0 Å². The third-order valence-corrected chi connectivity index (χ3v) is 5.21. The highest BCUT2D eigenvalue weighted by Gasteiger charge is 2.30. The Morgan fingerprint density at radius 3 is 2.96 bits per heavy atom. The van der Waals surface area contributed by atoms with E-state index >= 15 is 0 Å². The van der Waals surface area contributed by atoms with E-state index in [0.717, 1.165) is 55.2 Å². The normalized spacial score (nSPS) is 21.0. The molecule has 2 aromatic rings. The Hall–Kier alpha value is -2.19. The van der Waals surface area contributed by atoms with Gasteiger partial charge in [-0.15, -0.1) is 0 Å². The second-order valence-electron chi connectivity index (χ2n) is 7.13. The molecule has 0 radical (unpaired) electrons. The lowest BCUT2D eigenvalue weighted by Gasteiger charge is -2.35. The first-order valence-electron chi connectivity index (χ1n) is 9.21. The van der Waals surface area contributed by atoms with Gasteiger partial charge in [0.2, 0.25) is 5.91 Å². The number of rotatable bonds is 4. The van der Waals surface area contributed by atoms with Gasteiger partial charge in [-0.3, -0.25) is 19.2 Å². The van der Waals surface area contributed by atoms with Gasteiger partial charge in [-0.05, 0) is 32.8 Å². The summed E-state index contributed by atoms with van der Waals surface area (Å²) in [6.45, 7) is 7.54. The quantitative estimate of drug-likeness (QED) is 0.831. The molecule has 1 saturated heterocycles. The molecule has 140 valence electrons. The molecule has 1 fully saturated rings. The Bertz CT molecular complexity index is 758. The number of aryl methyl sites for hydroxylation is 2. The predicted octanol–water partition coefficient (Wildman–Crippen LogP) is 1.99. The van der Waals surface area contributed by atoms with Crippen LogP contribution in [-0.2, 0) is 22.7 Å². The van der Waals surface area contributed by atoms with Crippen molar-refractivity contribution < 1.29 is 14.2 Å². The van der Waals surface area contributed by atoms with E-state index in [1.54, 1.807) is 0 Å². The van der Waals surface area contributed by atoms with E-state index in [1.807, 2.05) is 30.8 Å². The van der Waals surface area contributed by atoms with Crippen molar-refractivity contribution in [3.05, 3.63) is 35.0 Å². The van der Waals surface area contributed by atoms with Gasteiger partial charge < -0.3 is 4.52 Å². The van der Waals surface area contributed by atoms with Gasteiger partial charge in [0.25, 0.3) is 0 Å². The maximum absolute atomic E-state index is 12.6. The van der Waals surface area contributed by atoms with Crippen LogP contribution in [0, 0.1) is 13.8 Å². The standard InChI is InChI=1S/C18H25N5O3/c1-13-17(14(2)26-20-13)12-21-10-15-5-6-19-23(15)16(11-21)9-18(24)22-7-3-4-8-25-22/h5-6,16H,3-4,7-12H2,1-2H3/t16-/m0/s1. The van der Waals surface area contributed by atoms with Crippen LogP contribution in [0.15, 0.2) is 16.8 Å². The third-order valence-electron chi connectivity index (χ3n) is 5.21. The van der Waals surface area contributed by atoms with Crippen molar-refractivity contribution in [1.29, 1.82) is 0 Å². The Labute approximate surface area is 152 Å².